The van der Waals surface area contributed by atoms with Crippen molar-refractivity contribution in [2.24, 2.45) is 0 Å². The highest BCUT2D eigenvalue weighted by Gasteiger charge is 2.18. The second-order valence-electron chi connectivity index (χ2n) is 8.34. The molecule has 0 fully saturated rings. The molecule has 0 radical (unpaired) electrons. The van der Waals surface area contributed by atoms with Crippen molar-refractivity contribution in [1.82, 2.24) is 4.98 Å². The number of benzene rings is 3. The highest BCUT2D eigenvalue weighted by Crippen LogP contribution is 2.24. The van der Waals surface area contributed by atoms with Gasteiger partial charge in [-0.25, -0.2) is 13.4 Å². The number of nitrogens with zero attached hydrogens (tertiary/aromatic N) is 1. The third kappa shape index (κ3) is 6.36. The SMILES string of the molecule is Cc1cccc(NS(=O)(=O)c2cc(NC(=O)CCCc3ncc(-c4ccccc4)o3)ccc2C)c1. The van der Waals surface area contributed by atoms with Crippen molar-refractivity contribution in [3.05, 3.63) is 96.0 Å². The number of anilines is 2. The molecule has 2 N–H and O–H groups in total. The molecule has 0 aliphatic rings. The number of amides is 1. The van der Waals surface area contributed by atoms with Gasteiger partial charge < -0.3 is 9.73 Å². The molecule has 0 bridgehead atoms. The summed E-state index contributed by atoms with van der Waals surface area (Å²) in [5.74, 6) is 1.05. The maximum atomic E-state index is 13.0. The van der Waals surface area contributed by atoms with Crippen LogP contribution in [-0.2, 0) is 21.2 Å². The Bertz CT molecular complexity index is 1430. The van der Waals surface area contributed by atoms with Gasteiger partial charge in [0.05, 0.1) is 11.1 Å². The zero-order valence-corrected chi connectivity index (χ0v) is 20.4. The Morgan fingerprint density at radius 2 is 1.74 bits per heavy atom. The second-order valence-corrected chi connectivity index (χ2v) is 9.99. The molecule has 4 aromatic rings. The topological polar surface area (TPSA) is 101 Å². The molecule has 1 amide bonds. The van der Waals surface area contributed by atoms with E-state index in [1.165, 1.54) is 6.07 Å². The van der Waals surface area contributed by atoms with Crippen LogP contribution in [0.25, 0.3) is 11.3 Å². The Hall–Kier alpha value is -3.91. The molecule has 35 heavy (non-hydrogen) atoms. The monoisotopic (exact) mass is 489 g/mol. The third-order valence-corrected chi connectivity index (χ3v) is 6.96. The van der Waals surface area contributed by atoms with Crippen molar-refractivity contribution >= 4 is 27.3 Å². The summed E-state index contributed by atoms with van der Waals surface area (Å²) in [5, 5.41) is 2.79. The lowest BCUT2D eigenvalue weighted by molar-refractivity contribution is -0.116. The summed E-state index contributed by atoms with van der Waals surface area (Å²) in [6, 6.07) is 21.7. The third-order valence-electron chi connectivity index (χ3n) is 5.44. The van der Waals surface area contributed by atoms with Gasteiger partial charge >= 0.3 is 0 Å². The molecule has 0 aliphatic heterocycles. The van der Waals surface area contributed by atoms with Gasteiger partial charge in [-0.2, -0.15) is 0 Å². The van der Waals surface area contributed by atoms with Crippen molar-refractivity contribution in [2.75, 3.05) is 10.0 Å². The highest BCUT2D eigenvalue weighted by atomic mass is 32.2. The van der Waals surface area contributed by atoms with Crippen molar-refractivity contribution < 1.29 is 17.6 Å². The first-order valence-electron chi connectivity index (χ1n) is 11.3. The van der Waals surface area contributed by atoms with Crippen LogP contribution in [0.1, 0.15) is 29.9 Å². The predicted octanol–water partition coefficient (Wildman–Crippen LogP) is 5.72. The summed E-state index contributed by atoms with van der Waals surface area (Å²) in [4.78, 5) is 16.9. The largest absolute Gasteiger partial charge is 0.441 e. The lowest BCUT2D eigenvalue weighted by Gasteiger charge is -2.13. The minimum absolute atomic E-state index is 0.116. The van der Waals surface area contributed by atoms with E-state index in [0.717, 1.165) is 11.1 Å². The Balaban J connectivity index is 1.35. The lowest BCUT2D eigenvalue weighted by atomic mass is 10.2. The maximum Gasteiger partial charge on any atom is 0.262 e. The van der Waals surface area contributed by atoms with Gasteiger partial charge in [-0.05, 0) is 55.7 Å². The van der Waals surface area contributed by atoms with Crippen LogP contribution in [0.15, 0.2) is 88.3 Å². The quantitative estimate of drug-likeness (QED) is 0.313. The molecule has 0 aliphatic carbocycles. The summed E-state index contributed by atoms with van der Waals surface area (Å²) < 4.78 is 34.3. The fourth-order valence-electron chi connectivity index (χ4n) is 3.67. The van der Waals surface area contributed by atoms with E-state index in [2.05, 4.69) is 15.0 Å². The molecule has 1 heterocycles. The van der Waals surface area contributed by atoms with Crippen LogP contribution in [0.4, 0.5) is 11.4 Å². The molecule has 0 spiro atoms. The van der Waals surface area contributed by atoms with Crippen LogP contribution in [0.2, 0.25) is 0 Å². The number of carbonyl (C=O) groups is 1. The Kier molecular flexibility index (Phi) is 7.31. The fraction of sp³-hybridized carbons (Fsp3) is 0.185. The maximum absolute atomic E-state index is 13.0. The van der Waals surface area contributed by atoms with Gasteiger partial charge in [0.2, 0.25) is 5.91 Å². The summed E-state index contributed by atoms with van der Waals surface area (Å²) >= 11 is 0. The Morgan fingerprint density at radius 1 is 0.943 bits per heavy atom. The zero-order chi connectivity index (χ0) is 24.8. The van der Waals surface area contributed by atoms with E-state index < -0.39 is 10.0 Å². The molecule has 4 rings (SSSR count). The van der Waals surface area contributed by atoms with Crippen LogP contribution in [-0.4, -0.2) is 19.3 Å². The Morgan fingerprint density at radius 3 is 2.51 bits per heavy atom. The fourth-order valence-corrected chi connectivity index (χ4v) is 4.99. The van der Waals surface area contributed by atoms with Crippen LogP contribution in [0.3, 0.4) is 0 Å². The standard InChI is InChI=1S/C27H27N3O4S/c1-19-8-6-11-23(16-19)30-35(32,33)25-17-22(15-14-20(25)2)29-26(31)12-7-13-27-28-18-24(34-27)21-9-4-3-5-10-21/h3-6,8-11,14-18,30H,7,12-13H2,1-2H3,(H,29,31). The first kappa shape index (κ1) is 24.2. The van der Waals surface area contributed by atoms with E-state index >= 15 is 0 Å². The van der Waals surface area contributed by atoms with E-state index in [0.29, 0.717) is 41.4 Å². The number of sulfonamides is 1. The van der Waals surface area contributed by atoms with Crippen LogP contribution >= 0.6 is 0 Å². The summed E-state index contributed by atoms with van der Waals surface area (Å²) in [6.45, 7) is 3.61. The molecule has 0 atom stereocenters. The van der Waals surface area contributed by atoms with Gasteiger partial charge in [-0.3, -0.25) is 9.52 Å². The van der Waals surface area contributed by atoms with Crippen molar-refractivity contribution in [3.8, 4) is 11.3 Å². The zero-order valence-electron chi connectivity index (χ0n) is 19.6. The minimum atomic E-state index is -3.81. The molecule has 0 unspecified atom stereocenters. The minimum Gasteiger partial charge on any atom is -0.441 e. The molecule has 0 saturated heterocycles. The van der Waals surface area contributed by atoms with Crippen molar-refractivity contribution in [2.45, 2.75) is 38.0 Å². The Labute approximate surface area is 205 Å². The number of nitrogens with one attached hydrogen (secondary N) is 2. The molecular formula is C27H27N3O4S. The van der Waals surface area contributed by atoms with Crippen molar-refractivity contribution in [1.29, 1.82) is 0 Å². The van der Waals surface area contributed by atoms with Crippen LogP contribution < -0.4 is 10.0 Å². The first-order chi connectivity index (χ1) is 16.8. The van der Waals surface area contributed by atoms with Gasteiger partial charge in [-0.1, -0.05) is 48.5 Å². The van der Waals surface area contributed by atoms with E-state index in [9.17, 15) is 13.2 Å². The normalized spacial score (nSPS) is 11.3. The van der Waals surface area contributed by atoms with Gasteiger partial charge in [0.25, 0.3) is 10.0 Å². The highest BCUT2D eigenvalue weighted by molar-refractivity contribution is 7.92. The van der Waals surface area contributed by atoms with Crippen LogP contribution in [0.5, 0.6) is 0 Å². The number of aryl methyl sites for hydroxylation is 3. The molecule has 180 valence electrons. The number of oxazole rings is 1. The molecular weight excluding hydrogens is 462 g/mol. The van der Waals surface area contributed by atoms with Crippen molar-refractivity contribution in [3.63, 3.8) is 0 Å². The second kappa shape index (κ2) is 10.6. The molecule has 0 saturated carbocycles. The van der Waals surface area contributed by atoms with Gasteiger partial charge in [0, 0.05) is 29.8 Å². The number of aromatic nitrogens is 1. The lowest BCUT2D eigenvalue weighted by Crippen LogP contribution is -2.16. The van der Waals surface area contributed by atoms with Crippen LogP contribution in [0, 0.1) is 13.8 Å². The summed E-state index contributed by atoms with van der Waals surface area (Å²) in [7, 11) is -3.81. The number of hydrogen-bond acceptors (Lipinski definition) is 5. The molecule has 3 aromatic carbocycles. The number of hydrogen-bond donors (Lipinski definition) is 2. The van der Waals surface area contributed by atoms with E-state index in [1.807, 2.05) is 43.3 Å². The number of rotatable bonds is 9. The smallest absolute Gasteiger partial charge is 0.262 e. The molecule has 8 heteroatoms. The summed E-state index contributed by atoms with van der Waals surface area (Å²) in [6.07, 6.45) is 3.01. The van der Waals surface area contributed by atoms with E-state index in [4.69, 9.17) is 4.42 Å². The average molecular weight is 490 g/mol. The summed E-state index contributed by atoms with van der Waals surface area (Å²) in [5.41, 5.74) is 3.39. The number of carbonyl (C=O) groups excluding carboxylic acids is 1. The van der Waals surface area contributed by atoms with E-state index in [1.54, 1.807) is 43.5 Å². The van der Waals surface area contributed by atoms with Gasteiger partial charge in [0.1, 0.15) is 0 Å². The first-order valence-corrected chi connectivity index (χ1v) is 12.8. The predicted molar refractivity (Wildman–Crippen MR) is 137 cm³/mol. The average Bonchev–Trinajstić information content (AvgIpc) is 3.29. The molecule has 1 aromatic heterocycles. The molecule has 7 nitrogen and oxygen atoms in total. The van der Waals surface area contributed by atoms with Gasteiger partial charge in [-0.15, -0.1) is 0 Å². The van der Waals surface area contributed by atoms with Gasteiger partial charge in [0.15, 0.2) is 11.7 Å². The van der Waals surface area contributed by atoms with E-state index in [-0.39, 0.29) is 17.2 Å².